The molecule has 0 saturated carbocycles. The third kappa shape index (κ3) is 4.37. The molecule has 0 spiro atoms. The Balaban J connectivity index is 2.82. The SMILES string of the molecule is C=C(/C=C\C)[C@H](OC)[C@@H]1CCCN1C(=O)OC(C)(C)C. The van der Waals surface area contributed by atoms with Gasteiger partial charge in [-0.05, 0) is 46.1 Å². The van der Waals surface area contributed by atoms with Gasteiger partial charge in [-0.2, -0.15) is 0 Å². The largest absolute Gasteiger partial charge is 0.444 e. The Kier molecular flexibility index (Phi) is 5.81. The number of carbonyl (C=O) groups excluding carboxylic acids is 1. The van der Waals surface area contributed by atoms with Crippen molar-refractivity contribution in [3.8, 4) is 0 Å². The van der Waals surface area contributed by atoms with E-state index in [0.717, 1.165) is 18.4 Å². The van der Waals surface area contributed by atoms with Crippen LogP contribution < -0.4 is 0 Å². The van der Waals surface area contributed by atoms with Gasteiger partial charge in [-0.25, -0.2) is 4.79 Å². The molecule has 0 aliphatic carbocycles. The van der Waals surface area contributed by atoms with Crippen LogP contribution in [0.15, 0.2) is 24.3 Å². The van der Waals surface area contributed by atoms with Crippen LogP contribution in [0.25, 0.3) is 0 Å². The Labute approximate surface area is 122 Å². The average Bonchev–Trinajstić information content (AvgIpc) is 2.77. The molecule has 1 amide bonds. The van der Waals surface area contributed by atoms with Gasteiger partial charge in [0.2, 0.25) is 0 Å². The van der Waals surface area contributed by atoms with Crippen LogP contribution in [0.1, 0.15) is 40.5 Å². The molecular weight excluding hydrogens is 254 g/mol. The molecule has 0 radical (unpaired) electrons. The first-order valence-electron chi connectivity index (χ1n) is 7.14. The fourth-order valence-electron chi connectivity index (χ4n) is 2.52. The number of carbonyl (C=O) groups is 1. The lowest BCUT2D eigenvalue weighted by molar-refractivity contribution is 0.00375. The van der Waals surface area contributed by atoms with Crippen molar-refractivity contribution in [3.05, 3.63) is 24.3 Å². The normalized spacial score (nSPS) is 21.2. The molecule has 1 fully saturated rings. The quantitative estimate of drug-likeness (QED) is 0.740. The molecule has 20 heavy (non-hydrogen) atoms. The number of allylic oxidation sites excluding steroid dienone is 1. The number of ether oxygens (including phenoxy) is 2. The number of amides is 1. The summed E-state index contributed by atoms with van der Waals surface area (Å²) >= 11 is 0. The van der Waals surface area contributed by atoms with E-state index in [1.807, 2.05) is 39.8 Å². The van der Waals surface area contributed by atoms with E-state index in [0.29, 0.717) is 6.54 Å². The van der Waals surface area contributed by atoms with Crippen LogP contribution in [0, 0.1) is 0 Å². The van der Waals surface area contributed by atoms with Gasteiger partial charge in [0.25, 0.3) is 0 Å². The van der Waals surface area contributed by atoms with Gasteiger partial charge in [-0.1, -0.05) is 18.7 Å². The number of rotatable bonds is 4. The zero-order chi connectivity index (χ0) is 15.3. The highest BCUT2D eigenvalue weighted by Crippen LogP contribution is 2.27. The molecule has 0 bridgehead atoms. The number of nitrogens with zero attached hydrogens (tertiary/aromatic N) is 1. The van der Waals surface area contributed by atoms with Crippen molar-refractivity contribution in [1.82, 2.24) is 4.90 Å². The third-order valence-electron chi connectivity index (χ3n) is 3.28. The summed E-state index contributed by atoms with van der Waals surface area (Å²) in [7, 11) is 1.66. The van der Waals surface area contributed by atoms with Crippen molar-refractivity contribution in [2.45, 2.75) is 58.3 Å². The van der Waals surface area contributed by atoms with Crippen LogP contribution in [0.2, 0.25) is 0 Å². The predicted molar refractivity (Wildman–Crippen MR) is 80.7 cm³/mol. The summed E-state index contributed by atoms with van der Waals surface area (Å²) < 4.78 is 11.0. The molecule has 0 aromatic rings. The van der Waals surface area contributed by atoms with Gasteiger partial charge in [0.15, 0.2) is 0 Å². The Hall–Kier alpha value is -1.29. The Bertz CT molecular complexity index is 382. The van der Waals surface area contributed by atoms with E-state index in [-0.39, 0.29) is 18.2 Å². The number of hydrogen-bond donors (Lipinski definition) is 0. The summed E-state index contributed by atoms with van der Waals surface area (Å²) in [6.07, 6.45) is 5.29. The highest BCUT2D eigenvalue weighted by atomic mass is 16.6. The molecule has 0 unspecified atom stereocenters. The first-order chi connectivity index (χ1) is 9.30. The molecule has 4 nitrogen and oxygen atoms in total. The fourth-order valence-corrected chi connectivity index (χ4v) is 2.52. The van der Waals surface area contributed by atoms with Crippen molar-refractivity contribution < 1.29 is 14.3 Å². The first-order valence-corrected chi connectivity index (χ1v) is 7.14. The minimum absolute atomic E-state index is 0.00134. The summed E-state index contributed by atoms with van der Waals surface area (Å²) in [4.78, 5) is 14.0. The first kappa shape index (κ1) is 16.8. The maximum absolute atomic E-state index is 12.3. The van der Waals surface area contributed by atoms with Crippen molar-refractivity contribution in [2.24, 2.45) is 0 Å². The Morgan fingerprint density at radius 1 is 1.45 bits per heavy atom. The topological polar surface area (TPSA) is 38.8 Å². The van der Waals surface area contributed by atoms with Crippen LogP contribution in [0.4, 0.5) is 4.79 Å². The third-order valence-corrected chi connectivity index (χ3v) is 3.28. The van der Waals surface area contributed by atoms with Gasteiger partial charge in [-0.15, -0.1) is 0 Å². The highest BCUT2D eigenvalue weighted by molar-refractivity contribution is 5.69. The molecule has 0 N–H and O–H groups in total. The van der Waals surface area contributed by atoms with Gasteiger partial charge >= 0.3 is 6.09 Å². The van der Waals surface area contributed by atoms with Crippen LogP contribution in [-0.4, -0.2) is 42.4 Å². The molecule has 0 aromatic heterocycles. The Morgan fingerprint density at radius 3 is 2.60 bits per heavy atom. The fraction of sp³-hybridized carbons (Fsp3) is 0.688. The molecule has 114 valence electrons. The molecule has 1 aliphatic heterocycles. The average molecular weight is 281 g/mol. The zero-order valence-electron chi connectivity index (χ0n) is 13.3. The highest BCUT2D eigenvalue weighted by Gasteiger charge is 2.37. The van der Waals surface area contributed by atoms with Crippen LogP contribution in [-0.2, 0) is 9.47 Å². The van der Waals surface area contributed by atoms with E-state index in [4.69, 9.17) is 9.47 Å². The van der Waals surface area contributed by atoms with E-state index in [1.165, 1.54) is 0 Å². The molecule has 1 aliphatic rings. The van der Waals surface area contributed by atoms with Crippen molar-refractivity contribution in [2.75, 3.05) is 13.7 Å². The van der Waals surface area contributed by atoms with E-state index in [2.05, 4.69) is 6.58 Å². The van der Waals surface area contributed by atoms with Crippen molar-refractivity contribution in [1.29, 1.82) is 0 Å². The van der Waals surface area contributed by atoms with Gasteiger partial charge in [-0.3, -0.25) is 0 Å². The zero-order valence-corrected chi connectivity index (χ0v) is 13.3. The molecule has 0 aromatic carbocycles. The monoisotopic (exact) mass is 281 g/mol. The summed E-state index contributed by atoms with van der Waals surface area (Å²) in [6, 6.07) is -0.00134. The maximum Gasteiger partial charge on any atom is 0.410 e. The van der Waals surface area contributed by atoms with Crippen LogP contribution in [0.5, 0.6) is 0 Å². The van der Waals surface area contributed by atoms with Crippen molar-refractivity contribution >= 4 is 6.09 Å². The molecule has 1 saturated heterocycles. The van der Waals surface area contributed by atoms with Crippen LogP contribution in [0.3, 0.4) is 0 Å². The molecule has 2 atom stereocenters. The van der Waals surface area contributed by atoms with E-state index in [9.17, 15) is 4.79 Å². The van der Waals surface area contributed by atoms with Gasteiger partial charge < -0.3 is 14.4 Å². The number of hydrogen-bond acceptors (Lipinski definition) is 3. The van der Waals surface area contributed by atoms with Gasteiger partial charge in [0, 0.05) is 13.7 Å². The lowest BCUT2D eigenvalue weighted by Crippen LogP contribution is -2.46. The summed E-state index contributed by atoms with van der Waals surface area (Å²) in [6.45, 7) is 12.3. The predicted octanol–water partition coefficient (Wildman–Crippen LogP) is 3.53. The maximum atomic E-state index is 12.3. The summed E-state index contributed by atoms with van der Waals surface area (Å²) in [5, 5.41) is 0. The van der Waals surface area contributed by atoms with E-state index in [1.54, 1.807) is 12.0 Å². The van der Waals surface area contributed by atoms with E-state index < -0.39 is 5.60 Å². The number of likely N-dealkylation sites (tertiary alicyclic amines) is 1. The smallest absolute Gasteiger partial charge is 0.410 e. The molecule has 1 heterocycles. The van der Waals surface area contributed by atoms with E-state index >= 15 is 0 Å². The second kappa shape index (κ2) is 6.93. The van der Waals surface area contributed by atoms with Crippen molar-refractivity contribution in [3.63, 3.8) is 0 Å². The Morgan fingerprint density at radius 2 is 2.10 bits per heavy atom. The van der Waals surface area contributed by atoms with Crippen LogP contribution >= 0.6 is 0 Å². The molecular formula is C16H27NO3. The van der Waals surface area contributed by atoms with Gasteiger partial charge in [0.05, 0.1) is 6.04 Å². The lowest BCUT2D eigenvalue weighted by Gasteiger charge is -2.32. The second-order valence-corrected chi connectivity index (χ2v) is 6.11. The number of methoxy groups -OCH3 is 1. The summed E-state index contributed by atoms with van der Waals surface area (Å²) in [5.74, 6) is 0. The minimum atomic E-state index is -0.479. The lowest BCUT2D eigenvalue weighted by atomic mass is 10.0. The molecule has 4 heteroatoms. The van der Waals surface area contributed by atoms with Gasteiger partial charge in [0.1, 0.15) is 11.7 Å². The minimum Gasteiger partial charge on any atom is -0.444 e. The molecule has 1 rings (SSSR count). The summed E-state index contributed by atoms with van der Waals surface area (Å²) in [5.41, 5.74) is 0.406. The standard InChI is InChI=1S/C16H27NO3/c1-7-9-12(2)14(19-6)13-10-8-11-17(13)15(18)20-16(3,4)5/h7,9,13-14H,2,8,10-11H2,1,3-6H3/b9-7-/t13-,14-/m0/s1. The second-order valence-electron chi connectivity index (χ2n) is 6.11.